The van der Waals surface area contributed by atoms with E-state index in [0.29, 0.717) is 18.5 Å². The second-order valence-corrected chi connectivity index (χ2v) is 6.10. The zero-order chi connectivity index (χ0) is 13.7. The summed E-state index contributed by atoms with van der Waals surface area (Å²) in [6.45, 7) is 6.22. The standard InChI is InChI=1S/C15H29N3O/c1-2-18-9-7-13(8-10-18)17-15(19)14-6-4-3-5-12(14)11-16/h12-14H,2-11,16H2,1H3,(H,17,19). The first-order chi connectivity index (χ1) is 9.24. The molecule has 0 bridgehead atoms. The van der Waals surface area contributed by atoms with E-state index in [1.807, 2.05) is 0 Å². The summed E-state index contributed by atoms with van der Waals surface area (Å²) in [5.41, 5.74) is 5.81. The predicted octanol–water partition coefficient (Wildman–Crippen LogP) is 1.35. The van der Waals surface area contributed by atoms with Crippen LogP contribution in [0.25, 0.3) is 0 Å². The van der Waals surface area contributed by atoms with E-state index in [9.17, 15) is 4.79 Å². The van der Waals surface area contributed by atoms with E-state index in [4.69, 9.17) is 5.73 Å². The van der Waals surface area contributed by atoms with Crippen molar-refractivity contribution in [3.8, 4) is 0 Å². The van der Waals surface area contributed by atoms with E-state index in [2.05, 4.69) is 17.1 Å². The number of hydrogen-bond acceptors (Lipinski definition) is 3. The zero-order valence-electron chi connectivity index (χ0n) is 12.2. The Hall–Kier alpha value is -0.610. The summed E-state index contributed by atoms with van der Waals surface area (Å²) < 4.78 is 0. The van der Waals surface area contributed by atoms with Crippen molar-refractivity contribution in [2.45, 2.75) is 51.5 Å². The highest BCUT2D eigenvalue weighted by Crippen LogP contribution is 2.29. The van der Waals surface area contributed by atoms with Crippen molar-refractivity contribution in [2.24, 2.45) is 17.6 Å². The van der Waals surface area contributed by atoms with Gasteiger partial charge in [-0.1, -0.05) is 19.8 Å². The first-order valence-electron chi connectivity index (χ1n) is 7.97. The molecule has 2 aliphatic rings. The van der Waals surface area contributed by atoms with Gasteiger partial charge in [-0.2, -0.15) is 0 Å². The van der Waals surface area contributed by atoms with Crippen LogP contribution in [0.15, 0.2) is 0 Å². The van der Waals surface area contributed by atoms with Crippen molar-refractivity contribution in [1.82, 2.24) is 10.2 Å². The molecule has 110 valence electrons. The molecule has 2 unspecified atom stereocenters. The monoisotopic (exact) mass is 267 g/mol. The minimum atomic E-state index is 0.169. The van der Waals surface area contributed by atoms with Crippen molar-refractivity contribution >= 4 is 5.91 Å². The van der Waals surface area contributed by atoms with Gasteiger partial charge < -0.3 is 16.0 Å². The largest absolute Gasteiger partial charge is 0.353 e. The Morgan fingerprint density at radius 1 is 1.21 bits per heavy atom. The average molecular weight is 267 g/mol. The molecule has 0 aromatic heterocycles. The molecule has 2 atom stereocenters. The highest BCUT2D eigenvalue weighted by molar-refractivity contribution is 5.79. The van der Waals surface area contributed by atoms with Gasteiger partial charge >= 0.3 is 0 Å². The quantitative estimate of drug-likeness (QED) is 0.808. The van der Waals surface area contributed by atoms with E-state index in [1.54, 1.807) is 0 Å². The molecule has 1 saturated carbocycles. The summed E-state index contributed by atoms with van der Waals surface area (Å²) in [5.74, 6) is 0.845. The lowest BCUT2D eigenvalue weighted by Gasteiger charge is -2.34. The Labute approximate surface area is 117 Å². The van der Waals surface area contributed by atoms with Crippen molar-refractivity contribution in [3.63, 3.8) is 0 Å². The summed E-state index contributed by atoms with van der Waals surface area (Å²) in [6.07, 6.45) is 6.77. The minimum Gasteiger partial charge on any atom is -0.353 e. The molecule has 0 spiro atoms. The maximum absolute atomic E-state index is 12.4. The lowest BCUT2D eigenvalue weighted by Crippen LogP contribution is -2.48. The Morgan fingerprint density at radius 3 is 2.53 bits per heavy atom. The number of nitrogens with one attached hydrogen (secondary N) is 1. The van der Waals surface area contributed by atoms with Gasteiger partial charge in [-0.25, -0.2) is 0 Å². The smallest absolute Gasteiger partial charge is 0.223 e. The van der Waals surface area contributed by atoms with Crippen LogP contribution in [0, 0.1) is 11.8 Å². The van der Waals surface area contributed by atoms with Crippen molar-refractivity contribution in [3.05, 3.63) is 0 Å². The molecule has 1 saturated heterocycles. The summed E-state index contributed by atoms with van der Waals surface area (Å²) in [7, 11) is 0. The molecule has 4 nitrogen and oxygen atoms in total. The zero-order valence-corrected chi connectivity index (χ0v) is 12.2. The SMILES string of the molecule is CCN1CCC(NC(=O)C2CCCCC2CN)CC1. The number of hydrogen-bond donors (Lipinski definition) is 2. The van der Waals surface area contributed by atoms with Gasteiger partial charge in [-0.05, 0) is 44.7 Å². The van der Waals surface area contributed by atoms with E-state index >= 15 is 0 Å². The topological polar surface area (TPSA) is 58.4 Å². The van der Waals surface area contributed by atoms with Crippen LogP contribution in [-0.4, -0.2) is 43.0 Å². The fraction of sp³-hybridized carbons (Fsp3) is 0.933. The number of amides is 1. The van der Waals surface area contributed by atoms with Crippen LogP contribution < -0.4 is 11.1 Å². The third-order valence-electron chi connectivity index (χ3n) is 4.93. The molecule has 0 aromatic carbocycles. The Kier molecular flexibility index (Phi) is 5.64. The van der Waals surface area contributed by atoms with Gasteiger partial charge in [0.05, 0.1) is 0 Å². The molecule has 1 aliphatic carbocycles. The number of nitrogens with zero attached hydrogens (tertiary/aromatic N) is 1. The molecule has 0 aromatic rings. The molecular weight excluding hydrogens is 238 g/mol. The van der Waals surface area contributed by atoms with E-state index < -0.39 is 0 Å². The molecule has 1 heterocycles. The first kappa shape index (κ1) is 14.8. The Morgan fingerprint density at radius 2 is 1.89 bits per heavy atom. The third-order valence-corrected chi connectivity index (χ3v) is 4.93. The maximum atomic E-state index is 12.4. The molecular formula is C15H29N3O. The first-order valence-corrected chi connectivity index (χ1v) is 7.97. The minimum absolute atomic E-state index is 0.169. The number of carbonyl (C=O) groups is 1. The van der Waals surface area contributed by atoms with E-state index in [1.165, 1.54) is 12.8 Å². The second-order valence-electron chi connectivity index (χ2n) is 6.10. The van der Waals surface area contributed by atoms with Crippen molar-refractivity contribution in [1.29, 1.82) is 0 Å². The second kappa shape index (κ2) is 7.25. The van der Waals surface area contributed by atoms with Gasteiger partial charge in [-0.3, -0.25) is 4.79 Å². The normalized spacial score (nSPS) is 30.2. The van der Waals surface area contributed by atoms with Gasteiger partial charge in [0.2, 0.25) is 5.91 Å². The van der Waals surface area contributed by atoms with Crippen LogP contribution in [0.1, 0.15) is 45.4 Å². The molecule has 0 radical (unpaired) electrons. The van der Waals surface area contributed by atoms with Gasteiger partial charge in [0.1, 0.15) is 0 Å². The van der Waals surface area contributed by atoms with Crippen molar-refractivity contribution < 1.29 is 4.79 Å². The van der Waals surface area contributed by atoms with Gasteiger partial charge in [0.25, 0.3) is 0 Å². The number of likely N-dealkylation sites (tertiary alicyclic amines) is 1. The summed E-state index contributed by atoms with van der Waals surface area (Å²) in [4.78, 5) is 14.9. The average Bonchev–Trinajstić information content (AvgIpc) is 2.48. The van der Waals surface area contributed by atoms with Crippen LogP contribution in [0.2, 0.25) is 0 Å². The third kappa shape index (κ3) is 3.93. The molecule has 2 rings (SSSR count). The van der Waals surface area contributed by atoms with Crippen LogP contribution in [0.4, 0.5) is 0 Å². The van der Waals surface area contributed by atoms with E-state index in [-0.39, 0.29) is 11.8 Å². The van der Waals surface area contributed by atoms with Crippen LogP contribution >= 0.6 is 0 Å². The lowest BCUT2D eigenvalue weighted by molar-refractivity contribution is -0.128. The fourth-order valence-electron chi connectivity index (χ4n) is 3.54. The highest BCUT2D eigenvalue weighted by atomic mass is 16.2. The molecule has 1 amide bonds. The molecule has 4 heteroatoms. The van der Waals surface area contributed by atoms with Gasteiger partial charge in [0.15, 0.2) is 0 Å². The predicted molar refractivity (Wildman–Crippen MR) is 77.8 cm³/mol. The summed E-state index contributed by atoms with van der Waals surface area (Å²) in [6, 6.07) is 0.385. The van der Waals surface area contributed by atoms with E-state index in [0.717, 1.165) is 45.3 Å². The molecule has 3 N–H and O–H groups in total. The molecule has 1 aliphatic heterocycles. The van der Waals surface area contributed by atoms with Crippen molar-refractivity contribution in [2.75, 3.05) is 26.2 Å². The Balaban J connectivity index is 1.80. The Bertz CT molecular complexity index is 287. The number of carbonyl (C=O) groups excluding carboxylic acids is 1. The van der Waals surface area contributed by atoms with Gasteiger partial charge in [-0.15, -0.1) is 0 Å². The number of piperidine rings is 1. The van der Waals surface area contributed by atoms with Gasteiger partial charge in [0, 0.05) is 25.0 Å². The van der Waals surface area contributed by atoms with Crippen LogP contribution in [-0.2, 0) is 4.79 Å². The number of nitrogens with two attached hydrogens (primary N) is 1. The highest BCUT2D eigenvalue weighted by Gasteiger charge is 2.31. The van der Waals surface area contributed by atoms with Crippen LogP contribution in [0.3, 0.4) is 0 Å². The summed E-state index contributed by atoms with van der Waals surface area (Å²) in [5, 5.41) is 3.28. The lowest BCUT2D eigenvalue weighted by atomic mass is 9.78. The molecule has 19 heavy (non-hydrogen) atoms. The summed E-state index contributed by atoms with van der Waals surface area (Å²) >= 11 is 0. The maximum Gasteiger partial charge on any atom is 0.223 e. The van der Waals surface area contributed by atoms with Crippen LogP contribution in [0.5, 0.6) is 0 Å². The molecule has 2 fully saturated rings. The fourth-order valence-corrected chi connectivity index (χ4v) is 3.54. The number of rotatable bonds is 4.